The Morgan fingerprint density at radius 3 is 2.52 bits per heavy atom. The summed E-state index contributed by atoms with van der Waals surface area (Å²) in [6.45, 7) is 4.83. The highest BCUT2D eigenvalue weighted by Gasteiger charge is 2.08. The van der Waals surface area contributed by atoms with Crippen molar-refractivity contribution in [2.24, 2.45) is 0 Å². The van der Waals surface area contributed by atoms with Crippen molar-refractivity contribution in [3.63, 3.8) is 0 Å². The molecule has 2 N–H and O–H groups in total. The third-order valence-electron chi connectivity index (χ3n) is 3.45. The van der Waals surface area contributed by atoms with Gasteiger partial charge in [0.15, 0.2) is 0 Å². The summed E-state index contributed by atoms with van der Waals surface area (Å²) in [6, 6.07) is 5.84. The number of nitrogens with two attached hydrogens (primary N) is 1. The lowest BCUT2D eigenvalue weighted by Crippen LogP contribution is -2.04. The molecular weight excluding hydrogens is 333 g/mol. The minimum absolute atomic E-state index is 0. The fourth-order valence-electron chi connectivity index (χ4n) is 2.36. The average molecular weight is 352 g/mol. The first-order valence-corrected chi connectivity index (χ1v) is 6.78. The number of nitrogens with zero attached hydrogens (tertiary/aromatic N) is 4. The molecule has 0 fully saturated rings. The zero-order valence-corrected chi connectivity index (χ0v) is 14.6. The number of hydrogen-bond donors (Lipinski definition) is 1. The third kappa shape index (κ3) is 4.21. The van der Waals surface area contributed by atoms with Crippen molar-refractivity contribution in [2.75, 3.05) is 5.73 Å². The van der Waals surface area contributed by atoms with Crippen LogP contribution in [0.1, 0.15) is 16.8 Å². The number of hydrogen-bond acceptors (Lipinski definition) is 4. The molecule has 3 heterocycles. The molecule has 0 aliphatic rings. The minimum Gasteiger partial charge on any atom is -0.384 e. The molecule has 23 heavy (non-hydrogen) atoms. The fraction of sp³-hybridized carbons (Fsp3) is 0.188. The monoisotopic (exact) mass is 351 g/mol. The first-order chi connectivity index (χ1) is 10.1. The number of halogens is 2. The number of imidazole rings is 1. The normalized spacial score (nSPS) is 9.83. The van der Waals surface area contributed by atoms with E-state index in [9.17, 15) is 0 Å². The molecule has 0 bridgehead atoms. The Labute approximate surface area is 147 Å². The molecule has 0 aliphatic carbocycles. The Bertz CT molecular complexity index is 786. The molecule has 0 spiro atoms. The van der Waals surface area contributed by atoms with Crippen LogP contribution in [0.4, 0.5) is 5.82 Å². The van der Waals surface area contributed by atoms with E-state index in [1.807, 2.05) is 31.5 Å². The quantitative estimate of drug-likeness (QED) is 0.784. The molecule has 3 aromatic rings. The molecule has 0 atom stereocenters. The topological polar surface area (TPSA) is 69.6 Å². The van der Waals surface area contributed by atoms with Gasteiger partial charge in [-0.2, -0.15) is 0 Å². The molecule has 5 nitrogen and oxygen atoms in total. The second-order valence-corrected chi connectivity index (χ2v) is 5.10. The number of anilines is 1. The molecule has 0 aliphatic heterocycles. The molecule has 3 aromatic heterocycles. The van der Waals surface area contributed by atoms with Crippen LogP contribution < -0.4 is 5.73 Å². The fourth-order valence-corrected chi connectivity index (χ4v) is 2.36. The Morgan fingerprint density at radius 2 is 1.83 bits per heavy atom. The zero-order valence-electron chi connectivity index (χ0n) is 12.9. The van der Waals surface area contributed by atoms with Gasteiger partial charge < -0.3 is 10.3 Å². The van der Waals surface area contributed by atoms with Gasteiger partial charge in [-0.05, 0) is 43.2 Å². The molecule has 7 heteroatoms. The van der Waals surface area contributed by atoms with E-state index in [-0.39, 0.29) is 24.8 Å². The Balaban J connectivity index is 0.00000132. The largest absolute Gasteiger partial charge is 0.384 e. The number of aromatic nitrogens is 4. The van der Waals surface area contributed by atoms with Gasteiger partial charge in [0.2, 0.25) is 0 Å². The summed E-state index contributed by atoms with van der Waals surface area (Å²) in [7, 11) is 0. The van der Waals surface area contributed by atoms with Gasteiger partial charge >= 0.3 is 0 Å². The second-order valence-electron chi connectivity index (χ2n) is 5.10. The van der Waals surface area contributed by atoms with Gasteiger partial charge in [-0.1, -0.05) is 0 Å². The van der Waals surface area contributed by atoms with Crippen molar-refractivity contribution in [1.29, 1.82) is 0 Å². The maximum absolute atomic E-state index is 5.75. The number of nitrogen functional groups attached to an aromatic ring is 1. The molecule has 0 unspecified atom stereocenters. The van der Waals surface area contributed by atoms with Crippen molar-refractivity contribution in [3.8, 4) is 11.4 Å². The van der Waals surface area contributed by atoms with Gasteiger partial charge in [0, 0.05) is 36.0 Å². The molecule has 3 rings (SSSR count). The van der Waals surface area contributed by atoms with Gasteiger partial charge in [0.25, 0.3) is 0 Å². The lowest BCUT2D eigenvalue weighted by Gasteiger charge is -2.10. The summed E-state index contributed by atoms with van der Waals surface area (Å²) in [5.41, 5.74) is 10.2. The van der Waals surface area contributed by atoms with E-state index in [4.69, 9.17) is 5.73 Å². The summed E-state index contributed by atoms with van der Waals surface area (Å²) < 4.78 is 2.09. The van der Waals surface area contributed by atoms with E-state index >= 15 is 0 Å². The Kier molecular flexibility index (Phi) is 6.54. The van der Waals surface area contributed by atoms with Gasteiger partial charge in [-0.3, -0.25) is 4.98 Å². The average Bonchev–Trinajstić information content (AvgIpc) is 2.90. The highest BCUT2D eigenvalue weighted by atomic mass is 35.5. The van der Waals surface area contributed by atoms with Crippen LogP contribution in [0.25, 0.3) is 11.4 Å². The molecule has 122 valence electrons. The number of aryl methyl sites for hydroxylation is 2. The van der Waals surface area contributed by atoms with E-state index in [0.29, 0.717) is 5.82 Å². The highest BCUT2D eigenvalue weighted by molar-refractivity contribution is 5.85. The van der Waals surface area contributed by atoms with Crippen molar-refractivity contribution >= 4 is 30.6 Å². The molecule has 0 saturated heterocycles. The lowest BCUT2D eigenvalue weighted by molar-refractivity contribution is 0.795. The van der Waals surface area contributed by atoms with Gasteiger partial charge in [-0.25, -0.2) is 9.97 Å². The van der Waals surface area contributed by atoms with Crippen molar-refractivity contribution in [1.82, 2.24) is 19.5 Å². The Morgan fingerprint density at radius 1 is 1.04 bits per heavy atom. The van der Waals surface area contributed by atoms with Crippen molar-refractivity contribution < 1.29 is 0 Å². The molecular formula is C16H19Cl2N5. The van der Waals surface area contributed by atoms with Gasteiger partial charge in [0.05, 0.1) is 6.54 Å². The van der Waals surface area contributed by atoms with Crippen LogP contribution in [-0.4, -0.2) is 19.5 Å². The first-order valence-electron chi connectivity index (χ1n) is 6.78. The minimum atomic E-state index is 0. The van der Waals surface area contributed by atoms with E-state index in [1.54, 1.807) is 12.4 Å². The van der Waals surface area contributed by atoms with E-state index in [2.05, 4.69) is 32.5 Å². The molecule has 0 radical (unpaired) electrons. The lowest BCUT2D eigenvalue weighted by atomic mass is 10.1. The number of rotatable bonds is 3. The predicted octanol–water partition coefficient (Wildman–Crippen LogP) is 3.43. The van der Waals surface area contributed by atoms with Crippen LogP contribution in [0.15, 0.2) is 43.0 Å². The second kappa shape index (κ2) is 7.94. The van der Waals surface area contributed by atoms with Gasteiger partial charge in [0.1, 0.15) is 11.6 Å². The van der Waals surface area contributed by atoms with E-state index < -0.39 is 0 Å². The SMILES string of the molecule is Cc1cc(C)c(Cn2ccnc2-c2ccnc(N)c2)cn1.Cl.Cl. The van der Waals surface area contributed by atoms with Crippen LogP contribution in [0.3, 0.4) is 0 Å². The summed E-state index contributed by atoms with van der Waals surface area (Å²) in [5.74, 6) is 1.37. The van der Waals surface area contributed by atoms with E-state index in [1.165, 1.54) is 11.1 Å². The van der Waals surface area contributed by atoms with Crippen LogP contribution in [0.2, 0.25) is 0 Å². The molecule has 0 aromatic carbocycles. The zero-order chi connectivity index (χ0) is 14.8. The number of pyridine rings is 2. The van der Waals surface area contributed by atoms with Crippen molar-refractivity contribution in [3.05, 3.63) is 59.8 Å². The van der Waals surface area contributed by atoms with Gasteiger partial charge in [-0.15, -0.1) is 24.8 Å². The van der Waals surface area contributed by atoms with Crippen LogP contribution in [-0.2, 0) is 6.54 Å². The summed E-state index contributed by atoms with van der Waals surface area (Å²) >= 11 is 0. The van der Waals surface area contributed by atoms with Crippen molar-refractivity contribution in [2.45, 2.75) is 20.4 Å². The summed E-state index contributed by atoms with van der Waals surface area (Å²) in [5, 5.41) is 0. The smallest absolute Gasteiger partial charge is 0.140 e. The molecule has 0 saturated carbocycles. The van der Waals surface area contributed by atoms with Crippen LogP contribution >= 0.6 is 24.8 Å². The van der Waals surface area contributed by atoms with Crippen LogP contribution in [0.5, 0.6) is 0 Å². The van der Waals surface area contributed by atoms with Crippen LogP contribution in [0, 0.1) is 13.8 Å². The van der Waals surface area contributed by atoms with E-state index in [0.717, 1.165) is 23.6 Å². The standard InChI is InChI=1S/C16H17N5.2ClH/c1-11-7-12(2)20-9-14(11)10-21-6-5-19-16(21)13-3-4-18-15(17)8-13;;/h3-9H,10H2,1-2H3,(H2,17,18);2*1H. The predicted molar refractivity (Wildman–Crippen MR) is 97.2 cm³/mol. The maximum Gasteiger partial charge on any atom is 0.140 e. The third-order valence-corrected chi connectivity index (χ3v) is 3.45. The summed E-state index contributed by atoms with van der Waals surface area (Å²) in [4.78, 5) is 12.8. The maximum atomic E-state index is 5.75. The Hall–Kier alpha value is -2.11. The summed E-state index contributed by atoms with van der Waals surface area (Å²) in [6.07, 6.45) is 7.38. The first kappa shape index (κ1) is 18.9. The highest BCUT2D eigenvalue weighted by Crippen LogP contribution is 2.20. The molecule has 0 amide bonds.